The molecule has 1 heterocycles. The standard InChI is InChI=1S/C21H34N2O3/c1-13(2)18(19(24)22-12-17-4-3-5-26-17)23-20(25)21-9-14-6-15(10-21)8-16(7-14)11-21/h13-18H,3-12H2,1-2H3,(H,22,24)(H,23,25). The van der Waals surface area contributed by atoms with Gasteiger partial charge in [0.05, 0.1) is 6.10 Å². The summed E-state index contributed by atoms with van der Waals surface area (Å²) >= 11 is 0. The second-order valence-electron chi connectivity index (χ2n) is 9.77. The van der Waals surface area contributed by atoms with Gasteiger partial charge in [-0.2, -0.15) is 0 Å². The third-order valence-electron chi connectivity index (χ3n) is 7.28. The SMILES string of the molecule is CC(C)C(NC(=O)C12CC3CC(CC(C3)C1)C2)C(=O)NCC1CCCO1. The van der Waals surface area contributed by atoms with Crippen molar-refractivity contribution in [2.45, 2.75) is 77.4 Å². The number of hydrogen-bond donors (Lipinski definition) is 2. The van der Waals surface area contributed by atoms with Crippen molar-refractivity contribution in [2.24, 2.45) is 29.1 Å². The van der Waals surface area contributed by atoms with Crippen molar-refractivity contribution in [3.63, 3.8) is 0 Å². The van der Waals surface area contributed by atoms with Crippen LogP contribution in [-0.2, 0) is 14.3 Å². The van der Waals surface area contributed by atoms with E-state index >= 15 is 0 Å². The average Bonchev–Trinajstić information content (AvgIpc) is 3.09. The molecule has 4 aliphatic carbocycles. The lowest BCUT2D eigenvalue weighted by atomic mass is 9.49. The van der Waals surface area contributed by atoms with E-state index in [2.05, 4.69) is 10.6 Å². The van der Waals surface area contributed by atoms with Crippen LogP contribution in [0, 0.1) is 29.1 Å². The van der Waals surface area contributed by atoms with Crippen LogP contribution in [0.5, 0.6) is 0 Å². The van der Waals surface area contributed by atoms with Crippen molar-refractivity contribution in [3.8, 4) is 0 Å². The summed E-state index contributed by atoms with van der Waals surface area (Å²) in [6, 6.07) is -0.447. The van der Waals surface area contributed by atoms with Gasteiger partial charge >= 0.3 is 0 Å². The lowest BCUT2D eigenvalue weighted by molar-refractivity contribution is -0.149. The van der Waals surface area contributed by atoms with Gasteiger partial charge in [0, 0.05) is 18.6 Å². The molecule has 1 saturated heterocycles. The third-order valence-corrected chi connectivity index (χ3v) is 7.28. The zero-order chi connectivity index (χ0) is 18.3. The maximum Gasteiger partial charge on any atom is 0.242 e. The molecule has 4 saturated carbocycles. The molecule has 0 spiro atoms. The van der Waals surface area contributed by atoms with E-state index in [1.54, 1.807) is 0 Å². The van der Waals surface area contributed by atoms with Gasteiger partial charge in [-0.3, -0.25) is 9.59 Å². The molecule has 0 radical (unpaired) electrons. The van der Waals surface area contributed by atoms with Crippen molar-refractivity contribution >= 4 is 11.8 Å². The molecule has 2 N–H and O–H groups in total. The smallest absolute Gasteiger partial charge is 0.242 e. The van der Waals surface area contributed by atoms with E-state index in [-0.39, 0.29) is 29.3 Å². The van der Waals surface area contributed by atoms with Crippen LogP contribution in [0.15, 0.2) is 0 Å². The Hall–Kier alpha value is -1.10. The third kappa shape index (κ3) is 3.51. The van der Waals surface area contributed by atoms with Gasteiger partial charge in [0.2, 0.25) is 11.8 Å². The van der Waals surface area contributed by atoms with Crippen LogP contribution in [-0.4, -0.2) is 37.1 Å². The summed E-state index contributed by atoms with van der Waals surface area (Å²) in [6.45, 7) is 5.36. The Kier molecular flexibility index (Phi) is 5.02. The molecule has 0 aromatic carbocycles. The molecule has 4 bridgehead atoms. The van der Waals surface area contributed by atoms with Crippen LogP contribution in [0.3, 0.4) is 0 Å². The number of carbonyl (C=O) groups is 2. The molecule has 1 aliphatic heterocycles. The fraction of sp³-hybridized carbons (Fsp3) is 0.905. The van der Waals surface area contributed by atoms with Crippen LogP contribution >= 0.6 is 0 Å². The summed E-state index contributed by atoms with van der Waals surface area (Å²) in [4.78, 5) is 26.0. The van der Waals surface area contributed by atoms with E-state index in [4.69, 9.17) is 4.74 Å². The van der Waals surface area contributed by atoms with E-state index in [1.807, 2.05) is 13.8 Å². The zero-order valence-corrected chi connectivity index (χ0v) is 16.3. The lowest BCUT2D eigenvalue weighted by Crippen LogP contribution is -2.58. The molecule has 26 heavy (non-hydrogen) atoms. The molecule has 5 aliphatic rings. The number of hydrogen-bond acceptors (Lipinski definition) is 3. The maximum atomic E-state index is 13.3. The molecule has 146 valence electrons. The molecule has 5 rings (SSSR count). The number of ether oxygens (including phenoxy) is 1. The van der Waals surface area contributed by atoms with E-state index in [0.717, 1.165) is 56.5 Å². The predicted octanol–water partition coefficient (Wildman–Crippen LogP) is 2.64. The van der Waals surface area contributed by atoms with Gasteiger partial charge < -0.3 is 15.4 Å². The number of amides is 2. The highest BCUT2D eigenvalue weighted by molar-refractivity contribution is 5.90. The Morgan fingerprint density at radius 2 is 1.69 bits per heavy atom. The monoisotopic (exact) mass is 362 g/mol. The highest BCUT2D eigenvalue weighted by Gasteiger charge is 2.55. The normalized spacial score (nSPS) is 39.2. The van der Waals surface area contributed by atoms with Gasteiger partial charge in [-0.15, -0.1) is 0 Å². The van der Waals surface area contributed by atoms with Crippen LogP contribution in [0.4, 0.5) is 0 Å². The molecular formula is C21H34N2O3. The van der Waals surface area contributed by atoms with E-state index < -0.39 is 6.04 Å². The van der Waals surface area contributed by atoms with Gasteiger partial charge in [0.1, 0.15) is 6.04 Å². The zero-order valence-electron chi connectivity index (χ0n) is 16.3. The van der Waals surface area contributed by atoms with Gasteiger partial charge in [-0.1, -0.05) is 13.8 Å². The lowest BCUT2D eigenvalue weighted by Gasteiger charge is -2.55. The second-order valence-corrected chi connectivity index (χ2v) is 9.77. The second kappa shape index (κ2) is 7.14. The first-order valence-electron chi connectivity index (χ1n) is 10.7. The summed E-state index contributed by atoms with van der Waals surface area (Å²) in [5, 5.41) is 6.16. The number of carbonyl (C=O) groups excluding carboxylic acids is 2. The minimum Gasteiger partial charge on any atom is -0.376 e. The van der Waals surface area contributed by atoms with Crippen LogP contribution in [0.25, 0.3) is 0 Å². The highest BCUT2D eigenvalue weighted by atomic mass is 16.5. The quantitative estimate of drug-likeness (QED) is 0.763. The Balaban J connectivity index is 1.38. The largest absolute Gasteiger partial charge is 0.376 e. The Morgan fingerprint density at radius 3 is 2.19 bits per heavy atom. The van der Waals surface area contributed by atoms with E-state index in [9.17, 15) is 9.59 Å². The fourth-order valence-electron chi connectivity index (χ4n) is 6.35. The van der Waals surface area contributed by atoms with E-state index in [0.29, 0.717) is 6.54 Å². The minimum absolute atomic E-state index is 0.0615. The number of rotatable bonds is 6. The summed E-state index contributed by atoms with van der Waals surface area (Å²) in [6.07, 6.45) is 9.27. The van der Waals surface area contributed by atoms with E-state index in [1.165, 1.54) is 19.3 Å². The molecule has 5 nitrogen and oxygen atoms in total. The summed E-state index contributed by atoms with van der Waals surface area (Å²) in [7, 11) is 0. The first-order valence-corrected chi connectivity index (χ1v) is 10.7. The molecule has 0 aromatic heterocycles. The maximum absolute atomic E-state index is 13.3. The van der Waals surface area contributed by atoms with Crippen LogP contribution < -0.4 is 10.6 Å². The molecule has 2 atom stereocenters. The molecule has 5 heteroatoms. The summed E-state index contributed by atoms with van der Waals surface area (Å²) in [5.74, 6) is 2.36. The van der Waals surface area contributed by atoms with Crippen LogP contribution in [0.1, 0.15) is 65.2 Å². The van der Waals surface area contributed by atoms with Crippen molar-refractivity contribution in [1.29, 1.82) is 0 Å². The van der Waals surface area contributed by atoms with Gasteiger partial charge in [-0.05, 0) is 75.0 Å². The molecule has 5 fully saturated rings. The summed E-state index contributed by atoms with van der Waals surface area (Å²) < 4.78 is 5.59. The van der Waals surface area contributed by atoms with Gasteiger partial charge in [0.15, 0.2) is 0 Å². The van der Waals surface area contributed by atoms with Crippen molar-refractivity contribution in [2.75, 3.05) is 13.2 Å². The summed E-state index contributed by atoms with van der Waals surface area (Å²) in [5.41, 5.74) is -0.198. The molecule has 2 amide bonds. The Morgan fingerprint density at radius 1 is 1.08 bits per heavy atom. The average molecular weight is 363 g/mol. The molecule has 2 unspecified atom stereocenters. The van der Waals surface area contributed by atoms with Crippen molar-refractivity contribution in [1.82, 2.24) is 10.6 Å². The van der Waals surface area contributed by atoms with Gasteiger partial charge in [0.25, 0.3) is 0 Å². The molecular weight excluding hydrogens is 328 g/mol. The predicted molar refractivity (Wildman–Crippen MR) is 99.4 cm³/mol. The number of nitrogens with one attached hydrogen (secondary N) is 2. The van der Waals surface area contributed by atoms with Crippen LogP contribution in [0.2, 0.25) is 0 Å². The first-order chi connectivity index (χ1) is 12.4. The van der Waals surface area contributed by atoms with Gasteiger partial charge in [-0.25, -0.2) is 0 Å². The van der Waals surface area contributed by atoms with Crippen molar-refractivity contribution in [3.05, 3.63) is 0 Å². The highest BCUT2D eigenvalue weighted by Crippen LogP contribution is 2.60. The molecule has 0 aromatic rings. The Labute approximate surface area is 157 Å². The topological polar surface area (TPSA) is 67.4 Å². The fourth-order valence-corrected chi connectivity index (χ4v) is 6.35. The van der Waals surface area contributed by atoms with Crippen molar-refractivity contribution < 1.29 is 14.3 Å². The first kappa shape index (κ1) is 18.3. The Bertz CT molecular complexity index is 518. The minimum atomic E-state index is -0.447.